The van der Waals surface area contributed by atoms with Crippen molar-refractivity contribution in [3.63, 3.8) is 0 Å². The summed E-state index contributed by atoms with van der Waals surface area (Å²) in [6.07, 6.45) is 0. The zero-order valence-corrected chi connectivity index (χ0v) is 11.0. The van der Waals surface area contributed by atoms with E-state index in [1.54, 1.807) is 0 Å². The fraction of sp³-hybridized carbons (Fsp3) is 1.00. The summed E-state index contributed by atoms with van der Waals surface area (Å²) in [5.74, 6) is 0. The van der Waals surface area contributed by atoms with Crippen LogP contribution in [0.2, 0.25) is 0 Å². The molecular formula is C8H22N2O7S. The van der Waals surface area contributed by atoms with E-state index < -0.39 is 10.4 Å². The van der Waals surface area contributed by atoms with Crippen molar-refractivity contribution in [2.24, 2.45) is 0 Å². The van der Waals surface area contributed by atoms with Gasteiger partial charge in [-0.25, -0.2) is 0 Å². The van der Waals surface area contributed by atoms with Gasteiger partial charge in [-0.15, -0.1) is 0 Å². The maximum absolute atomic E-state index is 8.52. The zero-order chi connectivity index (χ0) is 13.0. The van der Waals surface area contributed by atoms with Gasteiger partial charge in [0.1, 0.15) is 0 Å². The second-order valence-electron chi connectivity index (χ2n) is 3.37. The summed E-state index contributed by atoms with van der Waals surface area (Å²) in [6, 6.07) is 0. The van der Waals surface area contributed by atoms with Crippen LogP contribution in [-0.2, 0) is 19.9 Å². The second kappa shape index (κ2) is 13.1. The lowest BCUT2D eigenvalue weighted by atomic mass is 10.5. The van der Waals surface area contributed by atoms with Gasteiger partial charge in [-0.2, -0.15) is 0 Å². The molecule has 2 saturated heterocycles. The summed E-state index contributed by atoms with van der Waals surface area (Å²) in [5.41, 5.74) is 0. The van der Waals surface area contributed by atoms with Crippen molar-refractivity contribution in [3.8, 4) is 0 Å². The van der Waals surface area contributed by atoms with Gasteiger partial charge in [0.25, 0.3) is 0 Å². The molecule has 0 aromatic rings. The second-order valence-corrected chi connectivity index (χ2v) is 4.18. The molecular weight excluding hydrogens is 268 g/mol. The minimum atomic E-state index is -5.17. The van der Waals surface area contributed by atoms with Crippen LogP contribution < -0.4 is 10.6 Å². The first-order valence-corrected chi connectivity index (χ1v) is 6.79. The molecule has 18 heavy (non-hydrogen) atoms. The Bertz CT molecular complexity index is 209. The van der Waals surface area contributed by atoms with Gasteiger partial charge in [-0.05, 0) is 0 Å². The van der Waals surface area contributed by atoms with Gasteiger partial charge < -0.3 is 34.7 Å². The lowest BCUT2D eigenvalue weighted by molar-refractivity contribution is -0.670. The van der Waals surface area contributed by atoms with Crippen LogP contribution in [0.4, 0.5) is 0 Å². The van der Waals surface area contributed by atoms with Crippen LogP contribution in [0, 0.1) is 0 Å². The number of nitrogens with two attached hydrogens (primary N) is 2. The highest BCUT2D eigenvalue weighted by Gasteiger charge is 1.97. The Labute approximate surface area is 107 Å². The topological polar surface area (TPSA) is 163 Å². The molecule has 6 N–H and O–H groups in total. The van der Waals surface area contributed by atoms with E-state index in [9.17, 15) is 0 Å². The molecule has 2 fully saturated rings. The summed E-state index contributed by atoms with van der Waals surface area (Å²) in [7, 11) is -5.17. The molecule has 0 aromatic heterocycles. The Morgan fingerprint density at radius 3 is 1.06 bits per heavy atom. The average Bonchev–Trinajstić information content (AvgIpc) is 2.32. The third kappa shape index (κ3) is 24.8. The van der Waals surface area contributed by atoms with Gasteiger partial charge in [0.2, 0.25) is 0 Å². The highest BCUT2D eigenvalue weighted by Crippen LogP contribution is 1.69. The van der Waals surface area contributed by atoms with E-state index in [-0.39, 0.29) is 5.48 Å². The molecule has 0 unspecified atom stereocenters. The fourth-order valence-electron chi connectivity index (χ4n) is 1.16. The number of hydrogen-bond acceptors (Lipinski definition) is 6. The van der Waals surface area contributed by atoms with E-state index >= 15 is 0 Å². The maximum atomic E-state index is 8.52. The molecule has 2 heterocycles. The molecule has 2 aliphatic rings. The summed E-state index contributed by atoms with van der Waals surface area (Å²) in [4.78, 5) is 0. The predicted molar refractivity (Wildman–Crippen MR) is 59.0 cm³/mol. The summed E-state index contributed by atoms with van der Waals surface area (Å²) < 4.78 is 44.2. The van der Waals surface area contributed by atoms with Crippen molar-refractivity contribution in [2.45, 2.75) is 0 Å². The van der Waals surface area contributed by atoms with Gasteiger partial charge in [0, 0.05) is 10.4 Å². The molecule has 9 nitrogen and oxygen atoms in total. The van der Waals surface area contributed by atoms with Crippen molar-refractivity contribution < 1.29 is 43.1 Å². The van der Waals surface area contributed by atoms with E-state index in [0.717, 1.165) is 52.6 Å². The minimum absolute atomic E-state index is 0. The highest BCUT2D eigenvalue weighted by molar-refractivity contribution is 7.79. The van der Waals surface area contributed by atoms with Gasteiger partial charge in [0.15, 0.2) is 0 Å². The van der Waals surface area contributed by atoms with Crippen LogP contribution in [0.25, 0.3) is 0 Å². The van der Waals surface area contributed by atoms with Crippen LogP contribution in [0.5, 0.6) is 0 Å². The summed E-state index contributed by atoms with van der Waals surface area (Å²) in [5, 5.41) is 4.53. The SMILES string of the molecule is C1COCC[NH2+]1.C1COCC[NH2+]1.O.O=S(=O)([O-])[O-]. The molecule has 0 saturated carbocycles. The first kappa shape index (κ1) is 20.0. The first-order chi connectivity index (χ1) is 8.00. The normalized spacial score (nSPS) is 19.2. The van der Waals surface area contributed by atoms with Crippen LogP contribution in [0.3, 0.4) is 0 Å². The molecule has 2 aliphatic heterocycles. The van der Waals surface area contributed by atoms with Crippen LogP contribution in [0.15, 0.2) is 0 Å². The quantitative estimate of drug-likeness (QED) is 0.335. The third-order valence-corrected chi connectivity index (χ3v) is 1.87. The lowest BCUT2D eigenvalue weighted by Crippen LogP contribution is -2.87. The Kier molecular flexibility index (Phi) is 14.6. The Hall–Kier alpha value is -0.330. The number of morpholine rings is 2. The molecule has 112 valence electrons. The first-order valence-electron chi connectivity index (χ1n) is 5.45. The Balaban J connectivity index is 0. The van der Waals surface area contributed by atoms with E-state index in [4.69, 9.17) is 27.0 Å². The van der Waals surface area contributed by atoms with Crippen molar-refractivity contribution >= 4 is 10.4 Å². The van der Waals surface area contributed by atoms with Crippen LogP contribution in [0.1, 0.15) is 0 Å². The molecule has 0 bridgehead atoms. The molecule has 0 amide bonds. The Morgan fingerprint density at radius 2 is 1.00 bits per heavy atom. The molecule has 0 aliphatic carbocycles. The van der Waals surface area contributed by atoms with Crippen molar-refractivity contribution in [2.75, 3.05) is 52.6 Å². The molecule has 0 atom stereocenters. The fourth-order valence-corrected chi connectivity index (χ4v) is 1.16. The van der Waals surface area contributed by atoms with E-state index in [1.807, 2.05) is 0 Å². The van der Waals surface area contributed by atoms with Crippen molar-refractivity contribution in [1.29, 1.82) is 0 Å². The van der Waals surface area contributed by atoms with Gasteiger partial charge in [0.05, 0.1) is 52.6 Å². The van der Waals surface area contributed by atoms with Crippen molar-refractivity contribution in [3.05, 3.63) is 0 Å². The smallest absolute Gasteiger partial charge is 0.0993 e. The number of rotatable bonds is 0. The largest absolute Gasteiger partial charge is 0.759 e. The Morgan fingerprint density at radius 1 is 0.778 bits per heavy atom. The van der Waals surface area contributed by atoms with Crippen LogP contribution in [-0.4, -0.2) is 75.6 Å². The van der Waals surface area contributed by atoms with E-state index in [2.05, 4.69) is 10.6 Å². The maximum Gasteiger partial charge on any atom is 0.0993 e. The highest BCUT2D eigenvalue weighted by atomic mass is 32.3. The molecule has 0 aromatic carbocycles. The number of quaternary nitrogens is 2. The average molecular weight is 290 g/mol. The van der Waals surface area contributed by atoms with E-state index in [0.29, 0.717) is 0 Å². The van der Waals surface area contributed by atoms with Gasteiger partial charge in [-0.3, -0.25) is 8.42 Å². The molecule has 2 rings (SSSR count). The van der Waals surface area contributed by atoms with Gasteiger partial charge in [-0.1, -0.05) is 0 Å². The van der Waals surface area contributed by atoms with E-state index in [1.165, 1.54) is 0 Å². The minimum Gasteiger partial charge on any atom is -0.759 e. The number of ether oxygens (including phenoxy) is 2. The monoisotopic (exact) mass is 290 g/mol. The number of hydrogen-bond donors (Lipinski definition) is 2. The standard InChI is InChI=1S/2C4H9NO.H2O4S.H2O/c2*1-3-6-4-2-5-1;1-5(2,3)4;/h2*5H,1-4H2;(H2,1,2,3,4);1H2. The predicted octanol–water partition coefficient (Wildman–Crippen LogP) is -5.00. The summed E-state index contributed by atoms with van der Waals surface area (Å²) >= 11 is 0. The zero-order valence-electron chi connectivity index (χ0n) is 10.2. The van der Waals surface area contributed by atoms with Gasteiger partial charge >= 0.3 is 0 Å². The molecule has 0 spiro atoms. The van der Waals surface area contributed by atoms with Crippen molar-refractivity contribution in [1.82, 2.24) is 0 Å². The summed E-state index contributed by atoms with van der Waals surface area (Å²) in [6.45, 7) is 8.39. The third-order valence-electron chi connectivity index (χ3n) is 1.87. The van der Waals surface area contributed by atoms with Crippen LogP contribution >= 0.6 is 0 Å². The molecule has 10 heteroatoms. The molecule has 0 radical (unpaired) electrons. The lowest BCUT2D eigenvalue weighted by Gasteiger charge is -2.07.